The van der Waals surface area contributed by atoms with Gasteiger partial charge in [-0.15, -0.1) is 0 Å². The molecule has 6 heteroatoms. The number of hydrogen-bond donors (Lipinski definition) is 3. The molecule has 0 unspecified atom stereocenters. The molecule has 0 aliphatic carbocycles. The second-order valence-corrected chi connectivity index (χ2v) is 8.41. The third-order valence-corrected chi connectivity index (χ3v) is 5.53. The van der Waals surface area contributed by atoms with Crippen molar-refractivity contribution in [3.63, 3.8) is 0 Å². The molecule has 3 aromatic carbocycles. The molecule has 6 nitrogen and oxygen atoms in total. The molecule has 0 atom stereocenters. The molecule has 3 N–H and O–H groups in total. The number of nitrogens with one attached hydrogen (secondary N) is 3. The highest BCUT2D eigenvalue weighted by Crippen LogP contribution is 2.38. The molecule has 1 heterocycles. The van der Waals surface area contributed by atoms with E-state index < -0.39 is 5.97 Å². The maximum absolute atomic E-state index is 13.1. The molecular weight excluding hydrogens is 426 g/mol. The first-order valence-electron chi connectivity index (χ1n) is 11.5. The summed E-state index contributed by atoms with van der Waals surface area (Å²) in [5.41, 5.74) is 5.92. The van der Waals surface area contributed by atoms with E-state index in [1.165, 1.54) is 5.56 Å². The van der Waals surface area contributed by atoms with Crippen molar-refractivity contribution >= 4 is 34.5 Å². The molecular formula is C28H29N3O3. The maximum atomic E-state index is 13.1. The van der Waals surface area contributed by atoms with Crippen molar-refractivity contribution in [2.24, 2.45) is 0 Å². The Morgan fingerprint density at radius 3 is 2.38 bits per heavy atom. The normalized spacial score (nSPS) is 13.9. The average Bonchev–Trinajstić information content (AvgIpc) is 3.17. The predicted octanol–water partition coefficient (Wildman–Crippen LogP) is 5.29. The first-order chi connectivity index (χ1) is 16.5. The lowest BCUT2D eigenvalue weighted by molar-refractivity contribution is -0.110. The number of amides is 1. The van der Waals surface area contributed by atoms with Gasteiger partial charge in [0.05, 0.1) is 29.1 Å². The van der Waals surface area contributed by atoms with Crippen LogP contribution in [-0.4, -0.2) is 24.5 Å². The summed E-state index contributed by atoms with van der Waals surface area (Å²) in [6, 6.07) is 23.5. The van der Waals surface area contributed by atoms with E-state index in [1.807, 2.05) is 42.5 Å². The van der Waals surface area contributed by atoms with Gasteiger partial charge in [0.2, 0.25) is 0 Å². The fraction of sp³-hybridized carbons (Fsp3) is 0.214. The third kappa shape index (κ3) is 5.18. The van der Waals surface area contributed by atoms with Gasteiger partial charge in [-0.05, 0) is 42.3 Å². The summed E-state index contributed by atoms with van der Waals surface area (Å²) in [5, 5.41) is 9.78. The zero-order valence-corrected chi connectivity index (χ0v) is 19.6. The zero-order valence-electron chi connectivity index (χ0n) is 19.6. The number of esters is 1. The average molecular weight is 456 g/mol. The standard InChI is InChI=1S/C28H29N3O3/c1-4-34-28(33)21-12-15-23-24(16-21)31-27(32)25(23)26(20-8-6-5-7-9-20)30-22-13-10-19(11-14-22)17-29-18(2)3/h5-16,18,29-30H,4,17H2,1-3H3,(H,31,32)/b26-25-. The molecule has 0 radical (unpaired) electrons. The Labute approximate surface area is 200 Å². The van der Waals surface area contributed by atoms with Gasteiger partial charge in [-0.3, -0.25) is 4.79 Å². The van der Waals surface area contributed by atoms with Crippen LogP contribution in [0.1, 0.15) is 47.8 Å². The molecule has 3 aromatic rings. The van der Waals surface area contributed by atoms with Crippen molar-refractivity contribution in [3.05, 3.63) is 95.1 Å². The van der Waals surface area contributed by atoms with Crippen molar-refractivity contribution in [2.75, 3.05) is 17.2 Å². The summed E-state index contributed by atoms with van der Waals surface area (Å²) in [7, 11) is 0. The Morgan fingerprint density at radius 1 is 0.971 bits per heavy atom. The van der Waals surface area contributed by atoms with Crippen LogP contribution in [0.3, 0.4) is 0 Å². The third-order valence-electron chi connectivity index (χ3n) is 5.53. The number of carbonyl (C=O) groups is 2. The van der Waals surface area contributed by atoms with Crippen molar-refractivity contribution in [3.8, 4) is 0 Å². The number of benzene rings is 3. The van der Waals surface area contributed by atoms with Gasteiger partial charge in [-0.1, -0.05) is 62.4 Å². The monoisotopic (exact) mass is 455 g/mol. The maximum Gasteiger partial charge on any atom is 0.338 e. The van der Waals surface area contributed by atoms with E-state index in [0.29, 0.717) is 35.2 Å². The Morgan fingerprint density at radius 2 is 1.71 bits per heavy atom. The van der Waals surface area contributed by atoms with Crippen LogP contribution in [0.5, 0.6) is 0 Å². The van der Waals surface area contributed by atoms with Gasteiger partial charge in [-0.25, -0.2) is 4.79 Å². The summed E-state index contributed by atoms with van der Waals surface area (Å²) >= 11 is 0. The van der Waals surface area contributed by atoms with E-state index in [0.717, 1.165) is 23.4 Å². The lowest BCUT2D eigenvalue weighted by atomic mass is 9.99. The largest absolute Gasteiger partial charge is 0.462 e. The molecule has 0 fully saturated rings. The van der Waals surface area contributed by atoms with E-state index >= 15 is 0 Å². The van der Waals surface area contributed by atoms with Gasteiger partial charge >= 0.3 is 5.97 Å². The topological polar surface area (TPSA) is 79.5 Å². The minimum absolute atomic E-state index is 0.222. The molecule has 34 heavy (non-hydrogen) atoms. The van der Waals surface area contributed by atoms with Crippen molar-refractivity contribution in [2.45, 2.75) is 33.4 Å². The summed E-state index contributed by atoms with van der Waals surface area (Å²) in [5.74, 6) is -0.634. The highest BCUT2D eigenvalue weighted by Gasteiger charge is 2.29. The fourth-order valence-corrected chi connectivity index (χ4v) is 3.82. The number of anilines is 2. The lowest BCUT2D eigenvalue weighted by Gasteiger charge is -2.15. The van der Waals surface area contributed by atoms with Crippen LogP contribution in [-0.2, 0) is 16.1 Å². The molecule has 1 aliphatic heterocycles. The molecule has 0 spiro atoms. The van der Waals surface area contributed by atoms with Gasteiger partial charge < -0.3 is 20.7 Å². The molecule has 0 saturated heterocycles. The van der Waals surface area contributed by atoms with E-state index in [9.17, 15) is 9.59 Å². The van der Waals surface area contributed by atoms with Crippen LogP contribution in [0.2, 0.25) is 0 Å². The summed E-state index contributed by atoms with van der Waals surface area (Å²) in [6.07, 6.45) is 0. The smallest absolute Gasteiger partial charge is 0.338 e. The van der Waals surface area contributed by atoms with Crippen LogP contribution in [0.25, 0.3) is 11.3 Å². The molecule has 174 valence electrons. The van der Waals surface area contributed by atoms with Crippen LogP contribution >= 0.6 is 0 Å². The van der Waals surface area contributed by atoms with E-state index in [-0.39, 0.29) is 5.91 Å². The highest BCUT2D eigenvalue weighted by atomic mass is 16.5. The predicted molar refractivity (Wildman–Crippen MR) is 136 cm³/mol. The minimum atomic E-state index is -0.412. The van der Waals surface area contributed by atoms with Crippen molar-refractivity contribution in [1.82, 2.24) is 5.32 Å². The Balaban J connectivity index is 1.72. The Kier molecular flexibility index (Phi) is 7.09. The van der Waals surface area contributed by atoms with Gasteiger partial charge in [0.15, 0.2) is 0 Å². The lowest BCUT2D eigenvalue weighted by Crippen LogP contribution is -2.21. The summed E-state index contributed by atoms with van der Waals surface area (Å²) in [4.78, 5) is 25.3. The van der Waals surface area contributed by atoms with Gasteiger partial charge in [0, 0.05) is 23.8 Å². The molecule has 1 aliphatic rings. The van der Waals surface area contributed by atoms with E-state index in [2.05, 4.69) is 41.9 Å². The van der Waals surface area contributed by atoms with Crippen LogP contribution < -0.4 is 16.0 Å². The first-order valence-corrected chi connectivity index (χ1v) is 11.5. The van der Waals surface area contributed by atoms with Gasteiger partial charge in [0.1, 0.15) is 0 Å². The Hall–Kier alpha value is -3.90. The minimum Gasteiger partial charge on any atom is -0.462 e. The molecule has 1 amide bonds. The number of fused-ring (bicyclic) bond motifs is 1. The van der Waals surface area contributed by atoms with Crippen molar-refractivity contribution < 1.29 is 14.3 Å². The summed E-state index contributed by atoms with van der Waals surface area (Å²) < 4.78 is 5.10. The molecule has 0 aromatic heterocycles. The van der Waals surface area contributed by atoms with E-state index in [1.54, 1.807) is 25.1 Å². The number of hydrogen-bond acceptors (Lipinski definition) is 5. The fourth-order valence-electron chi connectivity index (χ4n) is 3.82. The highest BCUT2D eigenvalue weighted by molar-refractivity contribution is 6.37. The van der Waals surface area contributed by atoms with Crippen LogP contribution in [0.4, 0.5) is 11.4 Å². The second kappa shape index (κ2) is 10.4. The van der Waals surface area contributed by atoms with Crippen LogP contribution in [0.15, 0.2) is 72.8 Å². The molecule has 0 saturated carbocycles. The number of ether oxygens (including phenoxy) is 1. The quantitative estimate of drug-likeness (QED) is 0.318. The molecule has 4 rings (SSSR count). The van der Waals surface area contributed by atoms with Crippen molar-refractivity contribution in [1.29, 1.82) is 0 Å². The summed E-state index contributed by atoms with van der Waals surface area (Å²) in [6.45, 7) is 7.09. The zero-order chi connectivity index (χ0) is 24.1. The Bertz CT molecular complexity index is 1220. The second-order valence-electron chi connectivity index (χ2n) is 8.41. The number of carbonyl (C=O) groups excluding carboxylic acids is 2. The van der Waals surface area contributed by atoms with Gasteiger partial charge in [0.25, 0.3) is 5.91 Å². The first kappa shape index (κ1) is 23.3. The van der Waals surface area contributed by atoms with Crippen LogP contribution in [0, 0.1) is 0 Å². The van der Waals surface area contributed by atoms with Gasteiger partial charge in [-0.2, -0.15) is 0 Å². The SMILES string of the molecule is CCOC(=O)c1ccc2c(c1)NC(=O)/C2=C(\Nc1ccc(CNC(C)C)cc1)c1ccccc1. The molecule has 0 bridgehead atoms. The number of rotatable bonds is 8. The van der Waals surface area contributed by atoms with E-state index in [4.69, 9.17) is 4.74 Å².